The number of likely N-dealkylation sites (tertiary alicyclic amines) is 1. The normalized spacial score (nSPS) is 17.2. The third kappa shape index (κ3) is 4.26. The summed E-state index contributed by atoms with van der Waals surface area (Å²) in [4.78, 5) is 27.9. The Hall–Kier alpha value is -2.88. The van der Waals surface area contributed by atoms with E-state index in [0.717, 1.165) is 47.5 Å². The van der Waals surface area contributed by atoms with Crippen molar-refractivity contribution >= 4 is 25.0 Å². The van der Waals surface area contributed by atoms with Crippen molar-refractivity contribution < 1.29 is 9.59 Å². The summed E-state index contributed by atoms with van der Waals surface area (Å²) >= 11 is 0. The lowest BCUT2D eigenvalue weighted by atomic mass is 9.97. The molecular weight excluding hydrogens is 360 g/mol. The number of hydrogen-bond donors (Lipinski definition) is 0. The molecule has 0 radical (unpaired) electrons. The van der Waals surface area contributed by atoms with E-state index in [9.17, 15) is 9.59 Å². The van der Waals surface area contributed by atoms with Gasteiger partial charge in [0, 0.05) is 49.9 Å². The molecule has 0 unspecified atom stereocenters. The van der Waals surface area contributed by atoms with Crippen LogP contribution in [0.3, 0.4) is 0 Å². The lowest BCUT2D eigenvalue weighted by molar-refractivity contribution is 0.0468. The summed E-state index contributed by atoms with van der Waals surface area (Å²) in [5, 5.41) is 1.88. The molecule has 4 nitrogen and oxygen atoms in total. The van der Waals surface area contributed by atoms with Crippen LogP contribution in [-0.4, -0.2) is 48.7 Å². The fraction of sp³-hybridized carbons (Fsp3) is 0.360. The van der Waals surface area contributed by atoms with Gasteiger partial charge in [-0.2, -0.15) is 0 Å². The standard InChI is InChI=1S/C25H28N2O2/c1-17-10-18(2)24(16-28)11-23(17)15-26(3)12-19-13-27(14-19)25(29)22-8-6-21(7-9-22)20-4-5-20/h6-11,15-16,19-20H,1,4-5,12-14H2,2-3H3/b23-15-. The quantitative estimate of drug-likeness (QED) is 0.714. The minimum Gasteiger partial charge on any atom is -0.380 e. The van der Waals surface area contributed by atoms with Crippen molar-refractivity contribution in [2.75, 3.05) is 26.7 Å². The highest BCUT2D eigenvalue weighted by molar-refractivity contribution is 5.94. The maximum Gasteiger partial charge on any atom is 0.253 e. The van der Waals surface area contributed by atoms with Crippen molar-refractivity contribution in [2.24, 2.45) is 5.92 Å². The van der Waals surface area contributed by atoms with Crippen LogP contribution in [0.25, 0.3) is 12.8 Å². The molecular formula is C25H28N2O2. The van der Waals surface area contributed by atoms with Crippen LogP contribution in [0.15, 0.2) is 36.4 Å². The second kappa shape index (κ2) is 7.86. The summed E-state index contributed by atoms with van der Waals surface area (Å²) in [5.74, 6) is 1.30. The third-order valence-corrected chi connectivity index (χ3v) is 6.01. The summed E-state index contributed by atoms with van der Waals surface area (Å²) < 4.78 is 0. The molecule has 2 fully saturated rings. The van der Waals surface area contributed by atoms with Gasteiger partial charge in [-0.15, -0.1) is 0 Å². The van der Waals surface area contributed by atoms with E-state index in [1.54, 1.807) is 0 Å². The Bertz CT molecular complexity index is 1030. The van der Waals surface area contributed by atoms with Gasteiger partial charge >= 0.3 is 0 Å². The fourth-order valence-corrected chi connectivity index (χ4v) is 4.09. The fourth-order valence-electron chi connectivity index (χ4n) is 4.09. The second-order valence-electron chi connectivity index (χ2n) is 8.57. The van der Waals surface area contributed by atoms with Crippen molar-refractivity contribution in [1.82, 2.24) is 9.80 Å². The molecule has 1 aliphatic carbocycles. The Morgan fingerprint density at radius 1 is 1.21 bits per heavy atom. The number of carbonyl (C=O) groups excluding carboxylic acids is 2. The van der Waals surface area contributed by atoms with Gasteiger partial charge in [0.1, 0.15) is 6.29 Å². The first-order chi connectivity index (χ1) is 13.9. The highest BCUT2D eigenvalue weighted by atomic mass is 16.2. The molecule has 4 heteroatoms. The number of aldehydes is 1. The second-order valence-corrected chi connectivity index (χ2v) is 8.57. The number of carbonyl (C=O) groups is 2. The number of amides is 1. The topological polar surface area (TPSA) is 40.6 Å². The summed E-state index contributed by atoms with van der Waals surface area (Å²) in [6, 6.07) is 12.0. The average molecular weight is 389 g/mol. The minimum absolute atomic E-state index is 0.129. The van der Waals surface area contributed by atoms with Gasteiger partial charge in [0.05, 0.1) is 0 Å². The van der Waals surface area contributed by atoms with Gasteiger partial charge in [-0.1, -0.05) is 24.8 Å². The monoisotopic (exact) mass is 388 g/mol. The number of hydrogen-bond acceptors (Lipinski definition) is 3. The Kier molecular flexibility index (Phi) is 5.27. The molecule has 2 aromatic carbocycles. The van der Waals surface area contributed by atoms with Gasteiger partial charge in [0.25, 0.3) is 5.91 Å². The van der Waals surface area contributed by atoms with Crippen LogP contribution < -0.4 is 10.4 Å². The van der Waals surface area contributed by atoms with Crippen LogP contribution in [-0.2, 0) is 0 Å². The molecule has 2 aliphatic rings. The van der Waals surface area contributed by atoms with Crippen LogP contribution >= 0.6 is 0 Å². The average Bonchev–Trinajstić information content (AvgIpc) is 3.51. The predicted octanol–water partition coefficient (Wildman–Crippen LogP) is 2.54. The number of benzene rings is 2. The van der Waals surface area contributed by atoms with Gasteiger partial charge in [-0.05, 0) is 65.4 Å². The molecule has 1 heterocycles. The van der Waals surface area contributed by atoms with E-state index in [2.05, 4.69) is 23.6 Å². The van der Waals surface area contributed by atoms with Crippen molar-refractivity contribution in [3.8, 4) is 0 Å². The molecule has 0 bridgehead atoms. The summed E-state index contributed by atoms with van der Waals surface area (Å²) in [6.45, 7) is 8.44. The Balaban J connectivity index is 1.34. The van der Waals surface area contributed by atoms with E-state index >= 15 is 0 Å². The van der Waals surface area contributed by atoms with Crippen LogP contribution in [0, 0.1) is 12.8 Å². The summed E-state index contributed by atoms with van der Waals surface area (Å²) in [5.41, 5.74) is 3.79. The number of aryl methyl sites for hydroxylation is 1. The van der Waals surface area contributed by atoms with Gasteiger partial charge in [-0.25, -0.2) is 0 Å². The smallest absolute Gasteiger partial charge is 0.253 e. The van der Waals surface area contributed by atoms with Crippen molar-refractivity contribution in [1.29, 1.82) is 0 Å². The maximum absolute atomic E-state index is 12.7. The molecule has 1 saturated carbocycles. The zero-order chi connectivity index (χ0) is 20.5. The SMILES string of the molecule is C=c1cc(C)c(C=O)c/c1=C/N(C)CC1CN(C(=O)c2ccc(C3CC3)cc2)C1. The maximum atomic E-state index is 12.7. The van der Waals surface area contributed by atoms with Crippen LogP contribution in [0.2, 0.25) is 0 Å². The van der Waals surface area contributed by atoms with E-state index in [-0.39, 0.29) is 5.91 Å². The molecule has 0 atom stereocenters. The van der Waals surface area contributed by atoms with Crippen molar-refractivity contribution in [3.05, 3.63) is 69.1 Å². The molecule has 1 amide bonds. The molecule has 1 saturated heterocycles. The predicted molar refractivity (Wildman–Crippen MR) is 116 cm³/mol. The van der Waals surface area contributed by atoms with Gasteiger partial charge in [0.2, 0.25) is 0 Å². The molecule has 0 N–H and O–H groups in total. The van der Waals surface area contributed by atoms with Gasteiger partial charge < -0.3 is 9.80 Å². The number of rotatable bonds is 6. The first kappa shape index (κ1) is 19.4. The Labute approximate surface area is 172 Å². The van der Waals surface area contributed by atoms with Gasteiger partial charge in [0.15, 0.2) is 0 Å². The van der Waals surface area contributed by atoms with Gasteiger partial charge in [-0.3, -0.25) is 9.59 Å². The molecule has 1 aliphatic heterocycles. The summed E-state index contributed by atoms with van der Waals surface area (Å²) in [6.07, 6.45) is 5.48. The van der Waals surface area contributed by atoms with E-state index in [1.807, 2.05) is 49.3 Å². The molecule has 0 aromatic heterocycles. The summed E-state index contributed by atoms with van der Waals surface area (Å²) in [7, 11) is 2.03. The zero-order valence-electron chi connectivity index (χ0n) is 17.2. The Morgan fingerprint density at radius 3 is 2.52 bits per heavy atom. The molecule has 4 rings (SSSR count). The molecule has 0 spiro atoms. The van der Waals surface area contributed by atoms with E-state index < -0.39 is 0 Å². The molecule has 2 aromatic rings. The van der Waals surface area contributed by atoms with Crippen molar-refractivity contribution in [2.45, 2.75) is 25.7 Å². The lowest BCUT2D eigenvalue weighted by Gasteiger charge is -2.41. The lowest BCUT2D eigenvalue weighted by Crippen LogP contribution is -2.53. The zero-order valence-corrected chi connectivity index (χ0v) is 17.2. The minimum atomic E-state index is 0.129. The van der Waals surface area contributed by atoms with Crippen LogP contribution in [0.5, 0.6) is 0 Å². The van der Waals surface area contributed by atoms with Crippen LogP contribution in [0.4, 0.5) is 0 Å². The first-order valence-corrected chi connectivity index (χ1v) is 10.3. The van der Waals surface area contributed by atoms with Crippen LogP contribution in [0.1, 0.15) is 50.6 Å². The van der Waals surface area contributed by atoms with E-state index in [1.165, 1.54) is 18.4 Å². The van der Waals surface area contributed by atoms with E-state index in [4.69, 9.17) is 0 Å². The number of nitrogens with zero attached hydrogens (tertiary/aromatic N) is 2. The highest BCUT2D eigenvalue weighted by Crippen LogP contribution is 2.40. The highest BCUT2D eigenvalue weighted by Gasteiger charge is 2.32. The third-order valence-electron chi connectivity index (χ3n) is 6.01. The largest absolute Gasteiger partial charge is 0.380 e. The van der Waals surface area contributed by atoms with Crippen molar-refractivity contribution in [3.63, 3.8) is 0 Å². The molecule has 150 valence electrons. The molecule has 29 heavy (non-hydrogen) atoms. The Morgan fingerprint density at radius 2 is 1.90 bits per heavy atom. The first-order valence-electron chi connectivity index (χ1n) is 10.3. The van der Waals surface area contributed by atoms with E-state index in [0.29, 0.717) is 17.4 Å².